The van der Waals surface area contributed by atoms with Crippen molar-refractivity contribution >= 4 is 11.9 Å². The van der Waals surface area contributed by atoms with E-state index in [1.807, 2.05) is 0 Å². The van der Waals surface area contributed by atoms with Gasteiger partial charge in [0.05, 0.1) is 13.2 Å². The normalized spacial score (nSPS) is 12.1. The summed E-state index contributed by atoms with van der Waals surface area (Å²) in [7, 11) is 0. The number of aliphatic hydroxyl groups is 1. The molecule has 0 bridgehead atoms. The molecule has 0 spiro atoms. The van der Waals surface area contributed by atoms with Crippen LogP contribution in [-0.4, -0.2) is 60.9 Å². The van der Waals surface area contributed by atoms with Crippen LogP contribution in [0.25, 0.3) is 0 Å². The van der Waals surface area contributed by atoms with Crippen molar-refractivity contribution in [2.75, 3.05) is 32.8 Å². The highest BCUT2D eigenvalue weighted by Gasteiger charge is 2.15. The summed E-state index contributed by atoms with van der Waals surface area (Å²) in [5.74, 6) is -0.0704. The molecule has 0 aliphatic carbocycles. The van der Waals surface area contributed by atoms with Crippen LogP contribution in [0.3, 0.4) is 0 Å². The number of carbonyl (C=O) groups is 2. The predicted octanol–water partition coefficient (Wildman–Crippen LogP) is 13.1. The molecule has 0 heterocycles. The van der Waals surface area contributed by atoms with Crippen LogP contribution < -0.4 is 0 Å². The third kappa shape index (κ3) is 38.4. The summed E-state index contributed by atoms with van der Waals surface area (Å²) in [6.07, 6.45) is 39.9. The first kappa shape index (κ1) is 49.9. The van der Waals surface area contributed by atoms with Crippen molar-refractivity contribution in [3.8, 4) is 0 Å². The number of hydrogen-bond acceptors (Lipinski definition) is 6. The Labute approximate surface area is 318 Å². The Bertz CT molecular complexity index is 717. The van der Waals surface area contributed by atoms with E-state index in [0.717, 1.165) is 77.3 Å². The fourth-order valence-electron chi connectivity index (χ4n) is 7.05. The Morgan fingerprint density at radius 2 is 0.824 bits per heavy atom. The summed E-state index contributed by atoms with van der Waals surface area (Å²) in [5.41, 5.74) is 0. The summed E-state index contributed by atoms with van der Waals surface area (Å²) >= 11 is 0. The van der Waals surface area contributed by atoms with E-state index in [1.54, 1.807) is 0 Å². The van der Waals surface area contributed by atoms with Crippen LogP contribution in [0.2, 0.25) is 0 Å². The molecule has 0 rings (SSSR count). The maximum Gasteiger partial charge on any atom is 0.306 e. The molecule has 6 heteroatoms. The van der Waals surface area contributed by atoms with Gasteiger partial charge in [0.15, 0.2) is 0 Å². The fourth-order valence-corrected chi connectivity index (χ4v) is 7.05. The average Bonchev–Trinajstić information content (AvgIpc) is 3.12. The minimum absolute atomic E-state index is 0.0126. The van der Waals surface area contributed by atoms with Crippen LogP contribution in [-0.2, 0) is 19.1 Å². The molecule has 0 amide bonds. The van der Waals surface area contributed by atoms with Crippen molar-refractivity contribution in [3.05, 3.63) is 0 Å². The van der Waals surface area contributed by atoms with Gasteiger partial charge in [0, 0.05) is 19.4 Å². The minimum Gasteiger partial charge on any atom is -0.466 e. The highest BCUT2D eigenvalue weighted by atomic mass is 16.5. The van der Waals surface area contributed by atoms with E-state index in [2.05, 4.69) is 25.7 Å². The summed E-state index contributed by atoms with van der Waals surface area (Å²) < 4.78 is 11.5. The number of unbranched alkanes of at least 4 members (excludes halogenated alkanes) is 25. The maximum absolute atomic E-state index is 12.8. The average molecular weight is 724 g/mol. The molecule has 1 atom stereocenters. The van der Waals surface area contributed by atoms with Gasteiger partial charge in [0.2, 0.25) is 0 Å². The Morgan fingerprint density at radius 3 is 1.25 bits per heavy atom. The van der Waals surface area contributed by atoms with E-state index in [4.69, 9.17) is 9.47 Å². The lowest BCUT2D eigenvalue weighted by Crippen LogP contribution is -2.29. The van der Waals surface area contributed by atoms with Crippen molar-refractivity contribution < 1.29 is 24.2 Å². The van der Waals surface area contributed by atoms with E-state index in [-0.39, 0.29) is 24.6 Å². The van der Waals surface area contributed by atoms with Gasteiger partial charge in [0.25, 0.3) is 0 Å². The predicted molar refractivity (Wildman–Crippen MR) is 218 cm³/mol. The summed E-state index contributed by atoms with van der Waals surface area (Å²) in [4.78, 5) is 27.2. The maximum atomic E-state index is 12.8. The zero-order valence-corrected chi connectivity index (χ0v) is 34.7. The molecule has 6 nitrogen and oxygen atoms in total. The first-order valence-electron chi connectivity index (χ1n) is 22.8. The number of carbonyl (C=O) groups excluding carboxylic acids is 2. The topological polar surface area (TPSA) is 76.1 Å². The van der Waals surface area contributed by atoms with E-state index in [1.165, 1.54) is 141 Å². The van der Waals surface area contributed by atoms with Crippen LogP contribution in [0.1, 0.15) is 239 Å². The van der Waals surface area contributed by atoms with Crippen LogP contribution in [0.4, 0.5) is 0 Å². The van der Waals surface area contributed by atoms with Crippen LogP contribution >= 0.6 is 0 Å². The van der Waals surface area contributed by atoms with Gasteiger partial charge in [-0.25, -0.2) is 0 Å². The van der Waals surface area contributed by atoms with Gasteiger partial charge in [-0.1, -0.05) is 168 Å². The van der Waals surface area contributed by atoms with E-state index >= 15 is 0 Å². The SMILES string of the molecule is CCCCCCCCCCCOC(=O)CCCCCN(CCO)CCCCCC(=O)OC(CCCCCCCCC)CCCCCCCCCC. The van der Waals surface area contributed by atoms with Gasteiger partial charge in [-0.3, -0.25) is 9.59 Å². The van der Waals surface area contributed by atoms with E-state index in [9.17, 15) is 14.7 Å². The first-order chi connectivity index (χ1) is 25.1. The molecule has 0 aliphatic rings. The molecule has 1 unspecified atom stereocenters. The molecular weight excluding hydrogens is 634 g/mol. The van der Waals surface area contributed by atoms with Crippen molar-refractivity contribution in [1.82, 2.24) is 4.90 Å². The molecule has 0 radical (unpaired) electrons. The molecule has 304 valence electrons. The third-order valence-corrected chi connectivity index (χ3v) is 10.4. The van der Waals surface area contributed by atoms with Gasteiger partial charge in [-0.05, 0) is 70.9 Å². The monoisotopic (exact) mass is 724 g/mol. The Balaban J connectivity index is 4.10. The number of nitrogens with zero attached hydrogens (tertiary/aromatic N) is 1. The van der Waals surface area contributed by atoms with E-state index < -0.39 is 0 Å². The van der Waals surface area contributed by atoms with Crippen LogP contribution in [0.5, 0.6) is 0 Å². The standard InChI is InChI=1S/C45H89NO5/c1-4-7-10-13-16-18-21-24-33-42-50-44(48)36-29-25-31-38-46(40-41-47)39-32-26-30-37-45(49)51-43(34-27-22-19-15-12-9-6-3)35-28-23-20-17-14-11-8-5-2/h43,47H,4-42H2,1-3H3. The second kappa shape index (κ2) is 41.6. The van der Waals surface area contributed by atoms with Crippen LogP contribution in [0, 0.1) is 0 Å². The second-order valence-electron chi connectivity index (χ2n) is 15.5. The Hall–Kier alpha value is -1.14. The molecule has 1 N–H and O–H groups in total. The second-order valence-corrected chi connectivity index (χ2v) is 15.5. The highest BCUT2D eigenvalue weighted by Crippen LogP contribution is 2.19. The van der Waals surface area contributed by atoms with Gasteiger partial charge >= 0.3 is 11.9 Å². The molecule has 0 saturated carbocycles. The number of esters is 2. The Kier molecular flexibility index (Phi) is 40.7. The smallest absolute Gasteiger partial charge is 0.306 e. The lowest BCUT2D eigenvalue weighted by Gasteiger charge is -2.21. The van der Waals surface area contributed by atoms with Crippen molar-refractivity contribution in [2.24, 2.45) is 0 Å². The van der Waals surface area contributed by atoms with Gasteiger partial charge in [-0.2, -0.15) is 0 Å². The zero-order chi connectivity index (χ0) is 37.3. The van der Waals surface area contributed by atoms with Gasteiger partial charge in [-0.15, -0.1) is 0 Å². The largest absolute Gasteiger partial charge is 0.466 e. The molecule has 51 heavy (non-hydrogen) atoms. The number of aliphatic hydroxyl groups excluding tert-OH is 1. The van der Waals surface area contributed by atoms with Gasteiger partial charge in [0.1, 0.15) is 6.10 Å². The molecule has 0 aromatic rings. The number of hydrogen-bond donors (Lipinski definition) is 1. The van der Waals surface area contributed by atoms with Crippen molar-refractivity contribution in [3.63, 3.8) is 0 Å². The number of rotatable bonds is 42. The Morgan fingerprint density at radius 1 is 0.451 bits per heavy atom. The minimum atomic E-state index is -0.0578. The summed E-state index contributed by atoms with van der Waals surface area (Å²) in [6.45, 7) is 10.1. The van der Waals surface area contributed by atoms with Gasteiger partial charge < -0.3 is 19.5 Å². The van der Waals surface area contributed by atoms with E-state index in [0.29, 0.717) is 26.0 Å². The summed E-state index contributed by atoms with van der Waals surface area (Å²) in [6, 6.07) is 0. The molecule has 0 aliphatic heterocycles. The molecule has 0 aromatic heterocycles. The van der Waals surface area contributed by atoms with Crippen molar-refractivity contribution in [2.45, 2.75) is 245 Å². The molecular formula is C45H89NO5. The van der Waals surface area contributed by atoms with Crippen LogP contribution in [0.15, 0.2) is 0 Å². The lowest BCUT2D eigenvalue weighted by atomic mass is 10.0. The first-order valence-corrected chi connectivity index (χ1v) is 22.8. The molecule has 0 saturated heterocycles. The fraction of sp³-hybridized carbons (Fsp3) is 0.956. The highest BCUT2D eigenvalue weighted by molar-refractivity contribution is 5.69. The molecule has 0 fully saturated rings. The summed E-state index contributed by atoms with van der Waals surface area (Å²) in [5, 5.41) is 9.56. The zero-order valence-electron chi connectivity index (χ0n) is 34.7. The quantitative estimate of drug-likeness (QED) is 0.0499. The lowest BCUT2D eigenvalue weighted by molar-refractivity contribution is -0.150. The van der Waals surface area contributed by atoms with Crippen molar-refractivity contribution in [1.29, 1.82) is 0 Å². The molecule has 0 aromatic carbocycles. The third-order valence-electron chi connectivity index (χ3n) is 10.4. The number of ether oxygens (including phenoxy) is 2.